The van der Waals surface area contributed by atoms with Crippen LogP contribution in [-0.4, -0.2) is 41.4 Å². The van der Waals surface area contributed by atoms with E-state index in [2.05, 4.69) is 0 Å². The number of nitrogens with zero attached hydrogens (tertiary/aromatic N) is 2. The molecular weight excluding hydrogens is 295 g/mol. The van der Waals surface area contributed by atoms with Crippen LogP contribution in [0.5, 0.6) is 0 Å². The molecule has 1 saturated carbocycles. The molecule has 1 amide bonds. The van der Waals surface area contributed by atoms with E-state index in [0.717, 1.165) is 0 Å². The number of esters is 1. The lowest BCUT2D eigenvalue weighted by Gasteiger charge is -2.17. The first-order valence-electron chi connectivity index (χ1n) is 6.67. The standard InChI is InChI=1S/C14H15FN2O5/c1-16(7-9-3-2-4-10(15)5-9)13(18)8-22-14(19)11-6-12(11)17(20)21/h2-5,11-12H,6-8H2,1H3. The average molecular weight is 310 g/mol. The maximum absolute atomic E-state index is 13.0. The van der Waals surface area contributed by atoms with Crippen molar-refractivity contribution in [3.05, 3.63) is 45.8 Å². The number of hydrogen-bond acceptors (Lipinski definition) is 5. The molecule has 1 fully saturated rings. The predicted octanol–water partition coefficient (Wildman–Crippen LogP) is 0.993. The normalized spacial score (nSPS) is 19.4. The monoisotopic (exact) mass is 310 g/mol. The van der Waals surface area contributed by atoms with E-state index in [4.69, 9.17) is 4.74 Å². The quantitative estimate of drug-likeness (QED) is 0.444. The molecule has 0 aliphatic heterocycles. The molecule has 1 aromatic carbocycles. The second kappa shape index (κ2) is 6.50. The van der Waals surface area contributed by atoms with Gasteiger partial charge in [0.15, 0.2) is 6.61 Å². The van der Waals surface area contributed by atoms with Crippen LogP contribution in [-0.2, 0) is 20.9 Å². The van der Waals surface area contributed by atoms with Gasteiger partial charge in [-0.05, 0) is 17.7 Å². The van der Waals surface area contributed by atoms with E-state index in [1.165, 1.54) is 30.1 Å². The van der Waals surface area contributed by atoms with Crippen molar-refractivity contribution in [1.82, 2.24) is 4.90 Å². The summed E-state index contributed by atoms with van der Waals surface area (Å²) in [7, 11) is 1.50. The zero-order chi connectivity index (χ0) is 16.3. The Labute approximate surface area is 125 Å². The van der Waals surface area contributed by atoms with Crippen molar-refractivity contribution in [2.75, 3.05) is 13.7 Å². The summed E-state index contributed by atoms with van der Waals surface area (Å²) in [6.45, 7) is -0.305. The highest BCUT2D eigenvalue weighted by molar-refractivity contribution is 5.82. The fourth-order valence-electron chi connectivity index (χ4n) is 2.02. The largest absolute Gasteiger partial charge is 0.455 e. The molecule has 22 heavy (non-hydrogen) atoms. The number of benzene rings is 1. The van der Waals surface area contributed by atoms with Crippen molar-refractivity contribution >= 4 is 11.9 Å². The van der Waals surface area contributed by atoms with Crippen LogP contribution in [0, 0.1) is 21.8 Å². The van der Waals surface area contributed by atoms with Gasteiger partial charge in [-0.3, -0.25) is 19.7 Å². The zero-order valence-electron chi connectivity index (χ0n) is 11.9. The Hall–Kier alpha value is -2.51. The number of hydrogen-bond donors (Lipinski definition) is 0. The Morgan fingerprint density at radius 2 is 2.23 bits per heavy atom. The third-order valence-corrected chi connectivity index (χ3v) is 3.40. The van der Waals surface area contributed by atoms with Crippen molar-refractivity contribution in [2.45, 2.75) is 19.0 Å². The fraction of sp³-hybridized carbons (Fsp3) is 0.429. The molecule has 0 saturated heterocycles. The molecule has 2 rings (SSSR count). The zero-order valence-corrected chi connectivity index (χ0v) is 11.9. The third-order valence-electron chi connectivity index (χ3n) is 3.40. The molecule has 0 N–H and O–H groups in total. The van der Waals surface area contributed by atoms with E-state index >= 15 is 0 Å². The summed E-state index contributed by atoms with van der Waals surface area (Å²) < 4.78 is 17.8. The van der Waals surface area contributed by atoms with Crippen molar-refractivity contribution < 1.29 is 23.6 Å². The van der Waals surface area contributed by atoms with E-state index in [9.17, 15) is 24.1 Å². The van der Waals surface area contributed by atoms with Gasteiger partial charge in [0.05, 0.1) is 0 Å². The number of ether oxygens (including phenoxy) is 1. The van der Waals surface area contributed by atoms with Crippen LogP contribution < -0.4 is 0 Å². The Bertz CT molecular complexity index is 607. The SMILES string of the molecule is CN(Cc1cccc(F)c1)C(=O)COC(=O)C1CC1[N+](=O)[O-]. The second-order valence-electron chi connectivity index (χ2n) is 5.18. The molecular formula is C14H15FN2O5. The summed E-state index contributed by atoms with van der Waals surface area (Å²) in [6.07, 6.45) is 0.152. The Morgan fingerprint density at radius 3 is 2.82 bits per heavy atom. The average Bonchev–Trinajstić information content (AvgIpc) is 3.25. The van der Waals surface area contributed by atoms with Crippen LogP contribution in [0.2, 0.25) is 0 Å². The van der Waals surface area contributed by atoms with Gasteiger partial charge >= 0.3 is 5.97 Å². The van der Waals surface area contributed by atoms with Gasteiger partial charge in [-0.1, -0.05) is 12.1 Å². The maximum atomic E-state index is 13.0. The highest BCUT2D eigenvalue weighted by Gasteiger charge is 2.54. The van der Waals surface area contributed by atoms with Crippen LogP contribution in [0.1, 0.15) is 12.0 Å². The number of likely N-dealkylation sites (N-methyl/N-ethyl adjacent to an activating group) is 1. The number of halogens is 1. The van der Waals surface area contributed by atoms with Gasteiger partial charge in [-0.15, -0.1) is 0 Å². The number of carbonyl (C=O) groups is 2. The molecule has 118 valence electrons. The fourth-order valence-corrected chi connectivity index (χ4v) is 2.02. The Morgan fingerprint density at radius 1 is 1.50 bits per heavy atom. The highest BCUT2D eigenvalue weighted by atomic mass is 19.1. The lowest BCUT2D eigenvalue weighted by atomic mass is 10.2. The minimum absolute atomic E-state index is 0.152. The summed E-state index contributed by atoms with van der Waals surface area (Å²) in [5, 5.41) is 10.4. The van der Waals surface area contributed by atoms with Crippen LogP contribution in [0.3, 0.4) is 0 Å². The van der Waals surface area contributed by atoms with E-state index in [0.29, 0.717) is 5.56 Å². The van der Waals surface area contributed by atoms with Crippen molar-refractivity contribution in [3.8, 4) is 0 Å². The summed E-state index contributed by atoms with van der Waals surface area (Å²) in [5.41, 5.74) is 0.609. The maximum Gasteiger partial charge on any atom is 0.316 e. The molecule has 1 aromatic rings. The smallest absolute Gasteiger partial charge is 0.316 e. The van der Waals surface area contributed by atoms with E-state index in [1.807, 2.05) is 0 Å². The first-order chi connectivity index (χ1) is 10.4. The molecule has 7 nitrogen and oxygen atoms in total. The van der Waals surface area contributed by atoms with Gasteiger partial charge < -0.3 is 9.64 Å². The van der Waals surface area contributed by atoms with Crippen molar-refractivity contribution in [2.24, 2.45) is 5.92 Å². The first-order valence-corrected chi connectivity index (χ1v) is 6.67. The summed E-state index contributed by atoms with van der Waals surface area (Å²) in [6, 6.07) is 4.92. The Balaban J connectivity index is 1.77. The molecule has 0 bridgehead atoms. The van der Waals surface area contributed by atoms with Crippen LogP contribution in [0.15, 0.2) is 24.3 Å². The number of carbonyl (C=O) groups excluding carboxylic acids is 2. The van der Waals surface area contributed by atoms with Gasteiger partial charge in [0.1, 0.15) is 11.7 Å². The van der Waals surface area contributed by atoms with E-state index < -0.39 is 41.2 Å². The van der Waals surface area contributed by atoms with Gasteiger partial charge in [0, 0.05) is 24.9 Å². The molecule has 0 heterocycles. The summed E-state index contributed by atoms with van der Waals surface area (Å²) >= 11 is 0. The number of rotatable bonds is 6. The second-order valence-corrected chi connectivity index (χ2v) is 5.18. The number of nitro groups is 1. The minimum Gasteiger partial charge on any atom is -0.455 e. The van der Waals surface area contributed by atoms with Gasteiger partial charge in [-0.2, -0.15) is 0 Å². The van der Waals surface area contributed by atoms with Crippen LogP contribution in [0.25, 0.3) is 0 Å². The first kappa shape index (κ1) is 15.9. The highest BCUT2D eigenvalue weighted by Crippen LogP contribution is 2.34. The van der Waals surface area contributed by atoms with Crippen molar-refractivity contribution in [1.29, 1.82) is 0 Å². The molecule has 8 heteroatoms. The number of amides is 1. The van der Waals surface area contributed by atoms with Crippen LogP contribution >= 0.6 is 0 Å². The van der Waals surface area contributed by atoms with E-state index in [-0.39, 0.29) is 13.0 Å². The van der Waals surface area contributed by atoms with Gasteiger partial charge in [0.2, 0.25) is 6.04 Å². The topological polar surface area (TPSA) is 89.8 Å². The predicted molar refractivity (Wildman–Crippen MR) is 72.7 cm³/mol. The molecule has 0 spiro atoms. The van der Waals surface area contributed by atoms with Gasteiger partial charge in [-0.25, -0.2) is 4.39 Å². The van der Waals surface area contributed by atoms with Crippen molar-refractivity contribution in [3.63, 3.8) is 0 Å². The molecule has 1 aliphatic carbocycles. The Kier molecular flexibility index (Phi) is 4.69. The summed E-state index contributed by atoms with van der Waals surface area (Å²) in [4.78, 5) is 34.5. The molecule has 1 aliphatic rings. The van der Waals surface area contributed by atoms with E-state index in [1.54, 1.807) is 6.07 Å². The third kappa shape index (κ3) is 4.00. The van der Waals surface area contributed by atoms with Gasteiger partial charge in [0.25, 0.3) is 5.91 Å². The molecule has 2 unspecified atom stereocenters. The lowest BCUT2D eigenvalue weighted by molar-refractivity contribution is -0.497. The molecule has 2 atom stereocenters. The molecule has 0 radical (unpaired) electrons. The minimum atomic E-state index is -0.896. The molecule has 0 aromatic heterocycles. The lowest BCUT2D eigenvalue weighted by Crippen LogP contribution is -2.31. The van der Waals surface area contributed by atoms with Crippen LogP contribution in [0.4, 0.5) is 4.39 Å². The summed E-state index contributed by atoms with van der Waals surface area (Å²) in [5.74, 6) is -2.34.